The van der Waals surface area contributed by atoms with Gasteiger partial charge in [0.25, 0.3) is 0 Å². The number of rotatable bonds is 8. The van der Waals surface area contributed by atoms with Crippen molar-refractivity contribution in [3.63, 3.8) is 0 Å². The Balaban J connectivity index is 1.03. The van der Waals surface area contributed by atoms with E-state index in [1.165, 1.54) is 99.2 Å². The van der Waals surface area contributed by atoms with Crippen LogP contribution in [0.15, 0.2) is 297 Å². The van der Waals surface area contributed by atoms with E-state index < -0.39 is 5.41 Å². The first-order valence-electron chi connectivity index (χ1n) is 27.0. The molecule has 0 radical (unpaired) electrons. The molecule has 0 saturated carbocycles. The van der Waals surface area contributed by atoms with E-state index in [9.17, 15) is 0 Å². The van der Waals surface area contributed by atoms with E-state index in [2.05, 4.69) is 312 Å². The van der Waals surface area contributed by atoms with Gasteiger partial charge in [0, 0.05) is 44.9 Å². The molecular weight excluding hydrogens is 943 g/mol. The Bertz CT molecular complexity index is 4550. The van der Waals surface area contributed by atoms with Crippen molar-refractivity contribution in [2.45, 2.75) is 5.41 Å². The lowest BCUT2D eigenvalue weighted by Gasteiger charge is -2.40. The van der Waals surface area contributed by atoms with Gasteiger partial charge >= 0.3 is 0 Å². The number of benzene rings is 13. The molecule has 0 saturated heterocycles. The Morgan fingerprint density at radius 3 is 1.23 bits per heavy atom. The van der Waals surface area contributed by atoms with E-state index in [1.54, 1.807) is 0 Å². The van der Waals surface area contributed by atoms with Crippen LogP contribution in [0.25, 0.3) is 82.4 Å². The van der Waals surface area contributed by atoms with Crippen LogP contribution in [0.3, 0.4) is 0 Å². The average Bonchev–Trinajstić information content (AvgIpc) is 4.07. The molecule has 13 aromatic carbocycles. The van der Waals surface area contributed by atoms with E-state index in [-0.39, 0.29) is 0 Å². The standard InChI is InChI=1S/C75H49N3/c1-5-19-50(20-6-1)52-33-39-58(40-34-52)76(56-25-9-3-10-26-56)60-43-46-70-64(47-60)65-48-61(77(57-27-11-4-12-28-57)59-41-35-53(36-42-59)51-21-7-2-8-22-51)49-69-74(65)78(70)71-32-18-17-31-66(71)75(69)67-44-37-54-23-13-15-29-62(54)72(67)73-63-30-16-14-24-55(63)38-45-68(73)75/h1-49H. The third-order valence-electron chi connectivity index (χ3n) is 16.7. The van der Waals surface area contributed by atoms with Gasteiger partial charge in [0.2, 0.25) is 0 Å². The molecule has 3 heteroatoms. The van der Waals surface area contributed by atoms with Crippen molar-refractivity contribution in [2.24, 2.45) is 0 Å². The number of fused-ring (bicyclic) bond motifs is 16. The van der Waals surface area contributed by atoms with Crippen LogP contribution in [0.1, 0.15) is 22.3 Å². The van der Waals surface area contributed by atoms with Crippen LogP contribution in [0.5, 0.6) is 0 Å². The molecule has 1 aromatic heterocycles. The molecule has 2 aliphatic rings. The van der Waals surface area contributed by atoms with Gasteiger partial charge in [0.15, 0.2) is 0 Å². The molecule has 2 heterocycles. The summed E-state index contributed by atoms with van der Waals surface area (Å²) in [6, 6.07) is 110. The zero-order valence-electron chi connectivity index (χ0n) is 42.6. The van der Waals surface area contributed by atoms with Gasteiger partial charge in [0.1, 0.15) is 0 Å². The summed E-state index contributed by atoms with van der Waals surface area (Å²) in [5.41, 5.74) is 21.9. The maximum atomic E-state index is 2.58. The molecule has 364 valence electrons. The summed E-state index contributed by atoms with van der Waals surface area (Å²) in [6.07, 6.45) is 0. The maximum Gasteiger partial charge on any atom is 0.0755 e. The van der Waals surface area contributed by atoms with Crippen molar-refractivity contribution >= 4 is 77.5 Å². The molecule has 0 unspecified atom stereocenters. The predicted octanol–water partition coefficient (Wildman–Crippen LogP) is 20.0. The number of para-hydroxylation sites is 3. The first kappa shape index (κ1) is 44.1. The van der Waals surface area contributed by atoms with E-state index >= 15 is 0 Å². The van der Waals surface area contributed by atoms with Crippen molar-refractivity contribution in [1.82, 2.24) is 4.57 Å². The lowest BCUT2D eigenvalue weighted by molar-refractivity contribution is 0.749. The van der Waals surface area contributed by atoms with Crippen molar-refractivity contribution < 1.29 is 0 Å². The van der Waals surface area contributed by atoms with Crippen LogP contribution in [0.2, 0.25) is 0 Å². The maximum absolute atomic E-state index is 2.58. The van der Waals surface area contributed by atoms with Crippen molar-refractivity contribution in [1.29, 1.82) is 0 Å². The third kappa shape index (κ3) is 6.52. The molecule has 0 amide bonds. The molecule has 0 bridgehead atoms. The SMILES string of the molecule is c1ccc(-c2ccc(N(c3ccccc3)c3ccc4c(c3)c3cc(N(c5ccccc5)c5ccc(-c6ccccc6)cc5)cc5c3n4-c3ccccc3C53c4ccc5ccccc5c4-c4c3ccc3ccccc43)cc2)cc1. The van der Waals surface area contributed by atoms with Gasteiger partial charge in [-0.2, -0.15) is 0 Å². The Morgan fingerprint density at radius 2 is 0.679 bits per heavy atom. The van der Waals surface area contributed by atoms with Gasteiger partial charge in [0.05, 0.1) is 22.1 Å². The second-order valence-electron chi connectivity index (χ2n) is 20.8. The Morgan fingerprint density at radius 1 is 0.256 bits per heavy atom. The number of hydrogen-bond donors (Lipinski definition) is 0. The third-order valence-corrected chi connectivity index (χ3v) is 16.7. The molecule has 1 aliphatic heterocycles. The highest BCUT2D eigenvalue weighted by atomic mass is 15.2. The van der Waals surface area contributed by atoms with Crippen LogP contribution >= 0.6 is 0 Å². The molecule has 16 rings (SSSR count). The lowest BCUT2D eigenvalue weighted by atomic mass is 9.65. The molecule has 1 aliphatic carbocycles. The van der Waals surface area contributed by atoms with Crippen LogP contribution < -0.4 is 9.80 Å². The van der Waals surface area contributed by atoms with Crippen molar-refractivity contribution in [3.05, 3.63) is 320 Å². The van der Waals surface area contributed by atoms with E-state index in [0.29, 0.717) is 0 Å². The molecule has 1 spiro atoms. The largest absolute Gasteiger partial charge is 0.310 e. The minimum absolute atomic E-state index is 0.702. The smallest absolute Gasteiger partial charge is 0.0755 e. The zero-order valence-corrected chi connectivity index (χ0v) is 42.6. The van der Waals surface area contributed by atoms with Crippen LogP contribution in [0.4, 0.5) is 34.1 Å². The highest BCUT2D eigenvalue weighted by Gasteiger charge is 2.52. The van der Waals surface area contributed by atoms with Crippen molar-refractivity contribution in [2.75, 3.05) is 9.80 Å². The van der Waals surface area contributed by atoms with E-state index in [4.69, 9.17) is 0 Å². The van der Waals surface area contributed by atoms with Crippen LogP contribution in [0, 0.1) is 0 Å². The first-order chi connectivity index (χ1) is 38.7. The summed E-state index contributed by atoms with van der Waals surface area (Å²) in [5, 5.41) is 7.40. The first-order valence-corrected chi connectivity index (χ1v) is 27.0. The summed E-state index contributed by atoms with van der Waals surface area (Å²) in [7, 11) is 0. The highest BCUT2D eigenvalue weighted by Crippen LogP contribution is 2.64. The average molecular weight is 992 g/mol. The summed E-state index contributed by atoms with van der Waals surface area (Å²) in [4.78, 5) is 4.87. The minimum Gasteiger partial charge on any atom is -0.310 e. The van der Waals surface area contributed by atoms with E-state index in [0.717, 1.165) is 39.6 Å². The molecule has 0 fully saturated rings. The number of aromatic nitrogens is 1. The normalized spacial score (nSPS) is 12.7. The van der Waals surface area contributed by atoms with Gasteiger partial charge in [-0.25, -0.2) is 0 Å². The van der Waals surface area contributed by atoms with Gasteiger partial charge in [-0.05, 0) is 162 Å². The van der Waals surface area contributed by atoms with E-state index in [1.807, 2.05) is 0 Å². The second-order valence-corrected chi connectivity index (χ2v) is 20.8. The number of nitrogens with zero attached hydrogens (tertiary/aromatic N) is 3. The quantitative estimate of drug-likeness (QED) is 0.150. The van der Waals surface area contributed by atoms with Crippen LogP contribution in [-0.4, -0.2) is 4.57 Å². The van der Waals surface area contributed by atoms with Gasteiger partial charge in [-0.3, -0.25) is 0 Å². The number of anilines is 6. The Kier molecular flexibility index (Phi) is 9.85. The summed E-state index contributed by atoms with van der Waals surface area (Å²) < 4.78 is 2.58. The zero-order chi connectivity index (χ0) is 51.3. The monoisotopic (exact) mass is 991 g/mol. The fourth-order valence-corrected chi connectivity index (χ4v) is 13.4. The topological polar surface area (TPSA) is 11.4 Å². The van der Waals surface area contributed by atoms with Crippen LogP contribution in [-0.2, 0) is 5.41 Å². The molecule has 3 nitrogen and oxygen atoms in total. The summed E-state index contributed by atoms with van der Waals surface area (Å²) in [5.74, 6) is 0. The summed E-state index contributed by atoms with van der Waals surface area (Å²) >= 11 is 0. The molecule has 0 atom stereocenters. The summed E-state index contributed by atoms with van der Waals surface area (Å²) in [6.45, 7) is 0. The van der Waals surface area contributed by atoms with Gasteiger partial charge < -0.3 is 14.4 Å². The predicted molar refractivity (Wildman–Crippen MR) is 327 cm³/mol. The Hall–Kier alpha value is -10.2. The minimum atomic E-state index is -0.702. The lowest BCUT2D eigenvalue weighted by Crippen LogP contribution is -2.33. The van der Waals surface area contributed by atoms with Crippen molar-refractivity contribution in [3.8, 4) is 39.1 Å². The van der Waals surface area contributed by atoms with Gasteiger partial charge in [-0.15, -0.1) is 0 Å². The fraction of sp³-hybridized carbons (Fsp3) is 0.0133. The molecular formula is C75H49N3. The molecule has 0 N–H and O–H groups in total. The second kappa shape index (κ2) is 17.4. The number of hydrogen-bond acceptors (Lipinski definition) is 2. The van der Waals surface area contributed by atoms with Gasteiger partial charge in [-0.1, -0.05) is 212 Å². The molecule has 78 heavy (non-hydrogen) atoms. The Labute approximate surface area is 453 Å². The highest BCUT2D eigenvalue weighted by molar-refractivity contribution is 6.18. The molecule has 14 aromatic rings. The fourth-order valence-electron chi connectivity index (χ4n) is 13.4.